The first-order chi connectivity index (χ1) is 16.3. The van der Waals surface area contributed by atoms with E-state index >= 15 is 0 Å². The first-order valence-corrected chi connectivity index (χ1v) is 10.4. The Kier molecular flexibility index (Phi) is 6.19. The standard InChI is InChI=1S/C24H19F2N5O3/c25-24(26)10-17(11-27)31(14-24)22(33)13-30-23(34)18-7-8-28-20-5-3-15(9-19(18)20)1-2-16-4-6-21(32)29-12-16/h1-9,12,17H,10,13-14H2,(H,29,32)(H,30,34)/b2-1+/t17-/m0/s1. The molecular weight excluding hydrogens is 444 g/mol. The Morgan fingerprint density at radius 3 is 2.74 bits per heavy atom. The zero-order chi connectivity index (χ0) is 24.3. The van der Waals surface area contributed by atoms with Crippen LogP contribution in [-0.2, 0) is 4.79 Å². The van der Waals surface area contributed by atoms with Crippen LogP contribution in [0.15, 0.2) is 53.6 Å². The fourth-order valence-corrected chi connectivity index (χ4v) is 3.73. The van der Waals surface area contributed by atoms with Gasteiger partial charge in [0.25, 0.3) is 11.8 Å². The second-order valence-corrected chi connectivity index (χ2v) is 7.86. The van der Waals surface area contributed by atoms with Gasteiger partial charge in [-0.25, -0.2) is 8.78 Å². The van der Waals surface area contributed by atoms with Crippen molar-refractivity contribution in [2.75, 3.05) is 13.1 Å². The molecule has 2 N–H and O–H groups in total. The van der Waals surface area contributed by atoms with Crippen LogP contribution in [0.4, 0.5) is 8.78 Å². The van der Waals surface area contributed by atoms with Crippen LogP contribution in [0.5, 0.6) is 0 Å². The molecule has 34 heavy (non-hydrogen) atoms. The number of amides is 2. The number of alkyl halides is 2. The lowest BCUT2D eigenvalue weighted by Crippen LogP contribution is -2.43. The van der Waals surface area contributed by atoms with Gasteiger partial charge in [-0.3, -0.25) is 19.4 Å². The van der Waals surface area contributed by atoms with Gasteiger partial charge in [-0.1, -0.05) is 18.2 Å². The minimum atomic E-state index is -3.12. The van der Waals surface area contributed by atoms with E-state index in [4.69, 9.17) is 5.26 Å². The van der Waals surface area contributed by atoms with Crippen LogP contribution in [0.25, 0.3) is 23.1 Å². The Balaban J connectivity index is 1.50. The number of aromatic amines is 1. The number of nitrogens with zero attached hydrogens (tertiary/aromatic N) is 3. The predicted molar refractivity (Wildman–Crippen MR) is 121 cm³/mol. The summed E-state index contributed by atoms with van der Waals surface area (Å²) in [5, 5.41) is 12.1. The molecule has 0 saturated carbocycles. The molecule has 172 valence electrons. The van der Waals surface area contributed by atoms with Crippen molar-refractivity contribution in [3.8, 4) is 6.07 Å². The van der Waals surface area contributed by atoms with E-state index in [9.17, 15) is 23.2 Å². The van der Waals surface area contributed by atoms with E-state index in [-0.39, 0.29) is 11.1 Å². The third kappa shape index (κ3) is 4.99. The van der Waals surface area contributed by atoms with Crippen molar-refractivity contribution in [2.24, 2.45) is 0 Å². The number of aromatic nitrogens is 2. The van der Waals surface area contributed by atoms with Gasteiger partial charge in [0.15, 0.2) is 0 Å². The highest BCUT2D eigenvalue weighted by Crippen LogP contribution is 2.31. The Morgan fingerprint density at radius 2 is 2.00 bits per heavy atom. The number of halogens is 2. The second kappa shape index (κ2) is 9.23. The number of hydrogen-bond acceptors (Lipinski definition) is 5. The average Bonchev–Trinajstić information content (AvgIpc) is 3.16. The number of nitrogens with one attached hydrogen (secondary N) is 2. The van der Waals surface area contributed by atoms with Gasteiger partial charge in [-0.15, -0.1) is 0 Å². The highest BCUT2D eigenvalue weighted by Gasteiger charge is 2.47. The van der Waals surface area contributed by atoms with Gasteiger partial charge in [0.05, 0.1) is 30.2 Å². The molecule has 0 radical (unpaired) electrons. The topological polar surface area (TPSA) is 119 Å². The summed E-state index contributed by atoms with van der Waals surface area (Å²) >= 11 is 0. The molecule has 1 fully saturated rings. The van der Waals surface area contributed by atoms with Crippen LogP contribution in [0.1, 0.15) is 27.9 Å². The number of nitriles is 1. The summed E-state index contributed by atoms with van der Waals surface area (Å²) in [5.74, 6) is -4.44. The fourth-order valence-electron chi connectivity index (χ4n) is 3.73. The van der Waals surface area contributed by atoms with Crippen molar-refractivity contribution >= 4 is 34.9 Å². The molecule has 3 aromatic rings. The van der Waals surface area contributed by atoms with E-state index in [1.54, 1.807) is 42.6 Å². The second-order valence-electron chi connectivity index (χ2n) is 7.86. The van der Waals surface area contributed by atoms with Gasteiger partial charge in [-0.05, 0) is 35.4 Å². The molecule has 1 atom stereocenters. The van der Waals surface area contributed by atoms with Crippen molar-refractivity contribution < 1.29 is 18.4 Å². The molecule has 1 aliphatic rings. The van der Waals surface area contributed by atoms with Crippen LogP contribution >= 0.6 is 0 Å². The number of H-pyrrole nitrogens is 1. The first-order valence-electron chi connectivity index (χ1n) is 10.4. The van der Waals surface area contributed by atoms with Gasteiger partial charge in [-0.2, -0.15) is 5.26 Å². The zero-order valence-corrected chi connectivity index (χ0v) is 17.8. The van der Waals surface area contributed by atoms with Crippen molar-refractivity contribution in [3.63, 3.8) is 0 Å². The molecule has 0 unspecified atom stereocenters. The molecule has 1 saturated heterocycles. The quantitative estimate of drug-likeness (QED) is 0.603. The van der Waals surface area contributed by atoms with Crippen LogP contribution in [0.2, 0.25) is 0 Å². The minimum absolute atomic E-state index is 0.204. The van der Waals surface area contributed by atoms with Crippen LogP contribution < -0.4 is 10.9 Å². The number of benzene rings is 1. The van der Waals surface area contributed by atoms with Crippen molar-refractivity contribution in [3.05, 3.63) is 75.8 Å². The van der Waals surface area contributed by atoms with Gasteiger partial charge >= 0.3 is 0 Å². The van der Waals surface area contributed by atoms with Crippen LogP contribution in [0.3, 0.4) is 0 Å². The van der Waals surface area contributed by atoms with Crippen molar-refractivity contribution in [1.82, 2.24) is 20.2 Å². The summed E-state index contributed by atoms with van der Waals surface area (Å²) in [6, 6.07) is 10.4. The number of likely N-dealkylation sites (tertiary alicyclic amines) is 1. The molecule has 0 aliphatic carbocycles. The molecule has 2 aromatic heterocycles. The Bertz CT molecular complexity index is 1370. The molecule has 10 heteroatoms. The third-order valence-corrected chi connectivity index (χ3v) is 5.43. The van der Waals surface area contributed by atoms with Crippen LogP contribution in [0, 0.1) is 11.3 Å². The molecule has 2 amide bonds. The van der Waals surface area contributed by atoms with Gasteiger partial charge in [0.2, 0.25) is 11.5 Å². The summed E-state index contributed by atoms with van der Waals surface area (Å²) in [6.07, 6.45) is 5.92. The lowest BCUT2D eigenvalue weighted by atomic mass is 10.0. The molecule has 0 bridgehead atoms. The number of fused-ring (bicyclic) bond motifs is 1. The summed E-state index contributed by atoms with van der Waals surface area (Å²) < 4.78 is 27.2. The minimum Gasteiger partial charge on any atom is -0.343 e. The Hall–Kier alpha value is -4.39. The zero-order valence-electron chi connectivity index (χ0n) is 17.8. The highest BCUT2D eigenvalue weighted by molar-refractivity contribution is 6.07. The molecular formula is C24H19F2N5O3. The molecule has 4 rings (SSSR count). The summed E-state index contributed by atoms with van der Waals surface area (Å²) in [5.41, 5.74) is 2.17. The van der Waals surface area contributed by atoms with Crippen molar-refractivity contribution in [1.29, 1.82) is 5.26 Å². The molecule has 1 aromatic carbocycles. The lowest BCUT2D eigenvalue weighted by molar-refractivity contribution is -0.131. The van der Waals surface area contributed by atoms with E-state index in [1.807, 2.05) is 6.07 Å². The van der Waals surface area contributed by atoms with Crippen molar-refractivity contribution in [2.45, 2.75) is 18.4 Å². The molecule has 0 spiro atoms. The fraction of sp³-hybridized carbons (Fsp3) is 0.208. The predicted octanol–water partition coefficient (Wildman–Crippen LogP) is 2.58. The smallest absolute Gasteiger partial charge is 0.268 e. The Labute approximate surface area is 192 Å². The highest BCUT2D eigenvalue weighted by atomic mass is 19.3. The van der Waals surface area contributed by atoms with Gasteiger partial charge in [0, 0.05) is 30.3 Å². The number of rotatable bonds is 5. The number of hydrogen-bond donors (Lipinski definition) is 2. The normalized spacial score (nSPS) is 17.1. The van der Waals surface area contributed by atoms with Gasteiger partial charge < -0.3 is 15.2 Å². The van der Waals surface area contributed by atoms with E-state index in [0.29, 0.717) is 10.9 Å². The molecule has 1 aliphatic heterocycles. The average molecular weight is 463 g/mol. The maximum atomic E-state index is 13.6. The van der Waals surface area contributed by atoms with E-state index in [2.05, 4.69) is 15.3 Å². The molecule has 3 heterocycles. The van der Waals surface area contributed by atoms with Gasteiger partial charge in [0.1, 0.15) is 6.04 Å². The monoisotopic (exact) mass is 463 g/mol. The third-order valence-electron chi connectivity index (χ3n) is 5.43. The van der Waals surface area contributed by atoms with E-state index < -0.39 is 43.3 Å². The summed E-state index contributed by atoms with van der Waals surface area (Å²) in [6.45, 7) is -1.36. The van der Waals surface area contributed by atoms with E-state index in [0.717, 1.165) is 16.0 Å². The SMILES string of the molecule is N#C[C@@H]1CC(F)(F)CN1C(=O)CNC(=O)c1ccnc2ccc(/C=C/c3ccc(=O)[nH]c3)cc12. The van der Waals surface area contributed by atoms with E-state index in [1.165, 1.54) is 18.3 Å². The number of pyridine rings is 2. The first kappa shape index (κ1) is 22.8. The maximum Gasteiger partial charge on any atom is 0.268 e. The van der Waals surface area contributed by atoms with Crippen LogP contribution in [-0.4, -0.2) is 51.7 Å². The largest absolute Gasteiger partial charge is 0.343 e. The lowest BCUT2D eigenvalue weighted by Gasteiger charge is -2.19. The summed E-state index contributed by atoms with van der Waals surface area (Å²) in [7, 11) is 0. The maximum absolute atomic E-state index is 13.6. The summed E-state index contributed by atoms with van der Waals surface area (Å²) in [4.78, 5) is 44.0. The Morgan fingerprint density at radius 1 is 1.24 bits per heavy atom. The molecule has 8 nitrogen and oxygen atoms in total. The number of carbonyl (C=O) groups is 2. The number of carbonyl (C=O) groups excluding carboxylic acids is 2.